The summed E-state index contributed by atoms with van der Waals surface area (Å²) in [5.74, 6) is 0.0876. The maximum Gasteiger partial charge on any atom is 0.235 e. The fourth-order valence-corrected chi connectivity index (χ4v) is 5.21. The number of aryl methyl sites for hydroxylation is 1. The van der Waals surface area contributed by atoms with Crippen LogP contribution in [0.5, 0.6) is 0 Å². The molecule has 0 unspecified atom stereocenters. The van der Waals surface area contributed by atoms with E-state index in [4.69, 9.17) is 11.6 Å². The number of benzene rings is 1. The highest BCUT2D eigenvalue weighted by Gasteiger charge is 2.21. The average molecular weight is 403 g/mol. The number of thioether (sulfide) groups is 1. The van der Waals surface area contributed by atoms with Crippen LogP contribution in [0.3, 0.4) is 0 Å². The summed E-state index contributed by atoms with van der Waals surface area (Å²) in [6, 6.07) is 7.70. The van der Waals surface area contributed by atoms with Crippen LogP contribution in [0, 0.1) is 11.3 Å². The maximum absolute atomic E-state index is 12.3. The third-order valence-corrected chi connectivity index (χ3v) is 6.61. The zero-order valence-electron chi connectivity index (χ0n) is 13.8. The van der Waals surface area contributed by atoms with E-state index in [0.29, 0.717) is 20.7 Å². The van der Waals surface area contributed by atoms with Crippen molar-refractivity contribution in [2.24, 2.45) is 0 Å². The number of halogens is 1. The number of aromatic nitrogens is 2. The lowest BCUT2D eigenvalue weighted by molar-refractivity contribution is -0.113. The van der Waals surface area contributed by atoms with Crippen LogP contribution in [0.1, 0.15) is 28.8 Å². The lowest BCUT2D eigenvalue weighted by Crippen LogP contribution is -2.14. The molecule has 0 aliphatic heterocycles. The number of hydrogen-bond acceptors (Lipinski definition) is 5. The van der Waals surface area contributed by atoms with Crippen molar-refractivity contribution in [1.29, 1.82) is 5.26 Å². The normalized spacial score (nSPS) is 13.4. The third-order valence-electron chi connectivity index (χ3n) is 4.30. The molecule has 1 aromatic carbocycles. The Morgan fingerprint density at radius 1 is 1.42 bits per heavy atom. The summed E-state index contributed by atoms with van der Waals surface area (Å²) < 4.78 is 0. The number of carbonyl (C=O) groups excluding carboxylic acids is 1. The van der Waals surface area contributed by atoms with Gasteiger partial charge in [-0.05, 0) is 49.4 Å². The van der Waals surface area contributed by atoms with Crippen molar-refractivity contribution >= 4 is 56.6 Å². The first kappa shape index (κ1) is 17.4. The summed E-state index contributed by atoms with van der Waals surface area (Å²) in [7, 11) is 0. The lowest BCUT2D eigenvalue weighted by atomic mass is 9.96. The molecule has 2 heterocycles. The number of rotatable bonds is 4. The number of thiophene rings is 1. The maximum atomic E-state index is 12.3. The molecule has 1 amide bonds. The summed E-state index contributed by atoms with van der Waals surface area (Å²) in [6.07, 6.45) is 4.19. The number of carbonyl (C=O) groups is 1. The van der Waals surface area contributed by atoms with Gasteiger partial charge in [0.25, 0.3) is 0 Å². The molecule has 8 heteroatoms. The van der Waals surface area contributed by atoms with Gasteiger partial charge in [0.1, 0.15) is 11.1 Å². The van der Waals surface area contributed by atoms with Crippen LogP contribution in [0.4, 0.5) is 5.00 Å². The predicted molar refractivity (Wildman–Crippen MR) is 106 cm³/mol. The number of imidazole rings is 1. The minimum Gasteiger partial charge on any atom is -0.333 e. The zero-order chi connectivity index (χ0) is 18.1. The van der Waals surface area contributed by atoms with E-state index in [-0.39, 0.29) is 11.7 Å². The van der Waals surface area contributed by atoms with Gasteiger partial charge >= 0.3 is 0 Å². The number of hydrogen-bond donors (Lipinski definition) is 2. The number of nitriles is 1. The molecule has 0 saturated heterocycles. The van der Waals surface area contributed by atoms with Gasteiger partial charge in [0.15, 0.2) is 5.16 Å². The van der Waals surface area contributed by atoms with E-state index in [2.05, 4.69) is 21.4 Å². The number of nitrogens with zero attached hydrogens (tertiary/aromatic N) is 2. The highest BCUT2D eigenvalue weighted by Crippen LogP contribution is 2.37. The topological polar surface area (TPSA) is 81.6 Å². The monoisotopic (exact) mass is 402 g/mol. The van der Waals surface area contributed by atoms with Gasteiger partial charge in [-0.1, -0.05) is 23.4 Å². The smallest absolute Gasteiger partial charge is 0.235 e. The van der Waals surface area contributed by atoms with E-state index < -0.39 is 0 Å². The fourth-order valence-electron chi connectivity index (χ4n) is 3.10. The highest BCUT2D eigenvalue weighted by atomic mass is 35.5. The Morgan fingerprint density at radius 3 is 3.12 bits per heavy atom. The van der Waals surface area contributed by atoms with Gasteiger partial charge in [-0.2, -0.15) is 5.26 Å². The Balaban J connectivity index is 1.44. The van der Waals surface area contributed by atoms with Crippen LogP contribution in [-0.2, 0) is 17.6 Å². The molecular weight excluding hydrogens is 388 g/mol. The summed E-state index contributed by atoms with van der Waals surface area (Å²) in [4.78, 5) is 21.2. The first-order valence-electron chi connectivity index (χ1n) is 8.26. The van der Waals surface area contributed by atoms with Crippen molar-refractivity contribution in [1.82, 2.24) is 9.97 Å². The van der Waals surface area contributed by atoms with E-state index >= 15 is 0 Å². The molecule has 0 saturated carbocycles. The number of H-pyrrole nitrogens is 1. The summed E-state index contributed by atoms with van der Waals surface area (Å²) in [5.41, 5.74) is 3.43. The molecule has 132 valence electrons. The van der Waals surface area contributed by atoms with Gasteiger partial charge in [-0.3, -0.25) is 4.79 Å². The van der Waals surface area contributed by atoms with Crippen molar-refractivity contribution in [3.8, 4) is 6.07 Å². The number of anilines is 1. The van der Waals surface area contributed by atoms with Crippen LogP contribution in [0.2, 0.25) is 5.02 Å². The number of amides is 1. The Hall–Kier alpha value is -2.01. The molecule has 1 aliphatic rings. The van der Waals surface area contributed by atoms with Crippen LogP contribution < -0.4 is 5.32 Å². The van der Waals surface area contributed by atoms with E-state index in [1.54, 1.807) is 17.4 Å². The Kier molecular flexibility index (Phi) is 4.90. The molecule has 1 aliphatic carbocycles. The highest BCUT2D eigenvalue weighted by molar-refractivity contribution is 7.99. The van der Waals surface area contributed by atoms with Gasteiger partial charge < -0.3 is 10.3 Å². The summed E-state index contributed by atoms with van der Waals surface area (Å²) in [5, 5.41) is 14.4. The molecule has 2 N–H and O–H groups in total. The molecule has 0 radical (unpaired) electrons. The SMILES string of the molecule is N#Cc1c(NC(=O)CSc2nc3ccc(Cl)cc3[nH]2)sc2c1CCCC2. The molecule has 0 bridgehead atoms. The van der Waals surface area contributed by atoms with Crippen LogP contribution in [0.25, 0.3) is 11.0 Å². The second-order valence-corrected chi connectivity index (χ2v) is 8.57. The standard InChI is InChI=1S/C18H15ClN4OS2/c19-10-5-6-13-14(7-10)22-18(21-13)25-9-16(24)23-17-12(8-20)11-3-1-2-4-15(11)26-17/h5-7H,1-4,9H2,(H,21,22)(H,23,24). The molecule has 26 heavy (non-hydrogen) atoms. The van der Waals surface area contributed by atoms with Crippen LogP contribution >= 0.6 is 34.7 Å². The van der Waals surface area contributed by atoms with Gasteiger partial charge in [0.2, 0.25) is 5.91 Å². The second-order valence-electron chi connectivity index (χ2n) is 6.07. The van der Waals surface area contributed by atoms with E-state index in [0.717, 1.165) is 42.3 Å². The van der Waals surface area contributed by atoms with Crippen molar-refractivity contribution in [2.45, 2.75) is 30.8 Å². The van der Waals surface area contributed by atoms with E-state index in [1.807, 2.05) is 12.1 Å². The molecule has 3 aromatic rings. The van der Waals surface area contributed by atoms with E-state index in [9.17, 15) is 10.1 Å². The minimum absolute atomic E-state index is 0.136. The van der Waals surface area contributed by atoms with Gasteiger partial charge in [0.05, 0.1) is 22.3 Å². The summed E-state index contributed by atoms with van der Waals surface area (Å²) >= 11 is 8.84. The molecule has 2 aromatic heterocycles. The van der Waals surface area contributed by atoms with Crippen molar-refractivity contribution < 1.29 is 4.79 Å². The van der Waals surface area contributed by atoms with Gasteiger partial charge in [-0.15, -0.1) is 11.3 Å². The van der Waals surface area contributed by atoms with E-state index in [1.165, 1.54) is 16.6 Å². The Labute approximate surface area is 163 Å². The quantitative estimate of drug-likeness (QED) is 0.616. The molecular formula is C18H15ClN4OS2. The lowest BCUT2D eigenvalue weighted by Gasteiger charge is -2.09. The number of nitrogens with one attached hydrogen (secondary N) is 2. The molecule has 0 atom stereocenters. The molecule has 0 fully saturated rings. The Morgan fingerprint density at radius 2 is 2.27 bits per heavy atom. The average Bonchev–Trinajstić information content (AvgIpc) is 3.19. The van der Waals surface area contributed by atoms with Crippen molar-refractivity contribution in [3.05, 3.63) is 39.2 Å². The Bertz CT molecular complexity index is 1030. The fraction of sp³-hybridized carbons (Fsp3) is 0.278. The minimum atomic E-state index is -0.136. The zero-order valence-corrected chi connectivity index (χ0v) is 16.2. The van der Waals surface area contributed by atoms with Crippen LogP contribution in [-0.4, -0.2) is 21.6 Å². The van der Waals surface area contributed by atoms with Crippen molar-refractivity contribution in [3.63, 3.8) is 0 Å². The predicted octanol–water partition coefficient (Wildman–Crippen LogP) is 4.76. The molecule has 4 rings (SSSR count). The largest absolute Gasteiger partial charge is 0.333 e. The van der Waals surface area contributed by atoms with Gasteiger partial charge in [0, 0.05) is 9.90 Å². The molecule has 5 nitrogen and oxygen atoms in total. The van der Waals surface area contributed by atoms with Gasteiger partial charge in [-0.25, -0.2) is 4.98 Å². The molecule has 0 spiro atoms. The first-order valence-corrected chi connectivity index (χ1v) is 10.4. The summed E-state index contributed by atoms with van der Waals surface area (Å²) in [6.45, 7) is 0. The van der Waals surface area contributed by atoms with Crippen molar-refractivity contribution in [2.75, 3.05) is 11.1 Å². The number of aromatic amines is 1. The number of fused-ring (bicyclic) bond motifs is 2. The first-order chi connectivity index (χ1) is 12.6. The van der Waals surface area contributed by atoms with Crippen LogP contribution in [0.15, 0.2) is 23.4 Å². The third kappa shape index (κ3) is 3.45. The second kappa shape index (κ2) is 7.31.